The number of phenolic OH excluding ortho intramolecular Hbond substituents is 1. The number of carbonyl (C=O) groups is 2. The Hall–Kier alpha value is -3.66. The molecular weight excluding hydrogens is 669 g/mol. The van der Waals surface area contributed by atoms with Gasteiger partial charge in [-0.25, -0.2) is 0 Å². The SMILES string of the molecule is O=C1[C@@H]2[C@@H](CC(COc3ccccc3)=C3[C@@H](CC/C(=C/c4cc(Br)ccc4O)c4ccccc4)OB(O)C[C@@H]32)C(=O)N1C1CCCCC1. The zero-order chi connectivity index (χ0) is 33.2. The maximum absolute atomic E-state index is 14.2. The summed E-state index contributed by atoms with van der Waals surface area (Å²) in [6, 6.07) is 25.0. The van der Waals surface area contributed by atoms with Crippen molar-refractivity contribution in [2.45, 2.75) is 69.8 Å². The van der Waals surface area contributed by atoms with Gasteiger partial charge in [-0.3, -0.25) is 14.5 Å². The second kappa shape index (κ2) is 14.4. The van der Waals surface area contributed by atoms with Gasteiger partial charge in [0.05, 0.1) is 17.9 Å². The molecule has 2 aliphatic carbocycles. The molecule has 4 aliphatic rings. The van der Waals surface area contributed by atoms with Crippen molar-refractivity contribution < 1.29 is 29.1 Å². The van der Waals surface area contributed by atoms with E-state index >= 15 is 0 Å². The summed E-state index contributed by atoms with van der Waals surface area (Å²) in [6.45, 7) is 0.285. The van der Waals surface area contributed by atoms with Gasteiger partial charge in [-0.2, -0.15) is 0 Å². The number of para-hydroxylation sites is 1. The molecule has 7 nitrogen and oxygen atoms in total. The Morgan fingerprint density at radius 1 is 0.958 bits per heavy atom. The van der Waals surface area contributed by atoms with Crippen LogP contribution in [0.4, 0.5) is 0 Å². The third kappa shape index (κ3) is 6.78. The van der Waals surface area contributed by atoms with E-state index in [1.807, 2.05) is 72.8 Å². The number of allylic oxidation sites excluding steroid dienone is 1. The number of benzene rings is 3. The smallest absolute Gasteiger partial charge is 0.455 e. The predicted molar refractivity (Wildman–Crippen MR) is 190 cm³/mol. The van der Waals surface area contributed by atoms with Crippen molar-refractivity contribution in [3.63, 3.8) is 0 Å². The average molecular weight is 710 g/mol. The normalized spacial score (nSPS) is 24.9. The van der Waals surface area contributed by atoms with E-state index in [9.17, 15) is 19.7 Å². The number of carbonyl (C=O) groups excluding carboxylic acids is 2. The van der Waals surface area contributed by atoms with E-state index in [0.29, 0.717) is 24.8 Å². The number of ether oxygens (including phenoxy) is 1. The van der Waals surface area contributed by atoms with Crippen LogP contribution in [0.1, 0.15) is 62.5 Å². The number of hydrogen-bond donors (Lipinski definition) is 2. The quantitative estimate of drug-likeness (QED) is 0.102. The Bertz CT molecular complexity index is 1710. The number of imide groups is 1. The van der Waals surface area contributed by atoms with Gasteiger partial charge >= 0.3 is 7.12 Å². The highest BCUT2D eigenvalue weighted by molar-refractivity contribution is 9.10. The molecule has 2 aliphatic heterocycles. The number of phenols is 1. The zero-order valence-corrected chi connectivity index (χ0v) is 28.6. The molecule has 0 bridgehead atoms. The first-order valence-corrected chi connectivity index (χ1v) is 18.0. The highest BCUT2D eigenvalue weighted by Gasteiger charge is 2.58. The Balaban J connectivity index is 1.23. The Labute approximate surface area is 290 Å². The van der Waals surface area contributed by atoms with Gasteiger partial charge < -0.3 is 19.5 Å². The van der Waals surface area contributed by atoms with Crippen LogP contribution in [-0.2, 0) is 14.2 Å². The van der Waals surface area contributed by atoms with Crippen LogP contribution < -0.4 is 4.74 Å². The fraction of sp³-hybridized carbons (Fsp3) is 0.385. The van der Waals surface area contributed by atoms with Gasteiger partial charge in [-0.05, 0) is 103 Å². The van der Waals surface area contributed by atoms with Gasteiger partial charge in [0.2, 0.25) is 11.8 Å². The van der Waals surface area contributed by atoms with Crippen molar-refractivity contribution in [3.05, 3.63) is 106 Å². The van der Waals surface area contributed by atoms with E-state index in [1.165, 1.54) is 0 Å². The molecule has 3 fully saturated rings. The zero-order valence-electron chi connectivity index (χ0n) is 27.0. The number of aromatic hydroxyl groups is 1. The number of nitrogens with zero attached hydrogens (tertiary/aromatic N) is 1. The molecule has 0 spiro atoms. The molecule has 2 heterocycles. The molecule has 2 N–H and O–H groups in total. The molecule has 0 unspecified atom stereocenters. The van der Waals surface area contributed by atoms with Crippen molar-refractivity contribution in [2.24, 2.45) is 17.8 Å². The first-order chi connectivity index (χ1) is 23.4. The summed E-state index contributed by atoms with van der Waals surface area (Å²) in [5, 5.41) is 21.8. The lowest BCUT2D eigenvalue weighted by atomic mass is 9.58. The minimum absolute atomic E-state index is 0.0367. The van der Waals surface area contributed by atoms with Gasteiger partial charge in [-0.1, -0.05) is 83.7 Å². The van der Waals surface area contributed by atoms with Gasteiger partial charge in [0, 0.05) is 16.1 Å². The summed E-state index contributed by atoms with van der Waals surface area (Å²) >= 11 is 3.53. The van der Waals surface area contributed by atoms with Gasteiger partial charge in [0.1, 0.15) is 18.1 Å². The van der Waals surface area contributed by atoms with Crippen LogP contribution in [0, 0.1) is 17.8 Å². The van der Waals surface area contributed by atoms with Crippen LogP contribution >= 0.6 is 15.9 Å². The monoisotopic (exact) mass is 709 g/mol. The lowest BCUT2D eigenvalue weighted by Gasteiger charge is -2.43. The summed E-state index contributed by atoms with van der Waals surface area (Å²) in [5.41, 5.74) is 4.72. The summed E-state index contributed by atoms with van der Waals surface area (Å²) in [5.74, 6) is -0.483. The van der Waals surface area contributed by atoms with E-state index in [2.05, 4.69) is 15.9 Å². The van der Waals surface area contributed by atoms with E-state index in [4.69, 9.17) is 9.39 Å². The predicted octanol–water partition coefficient (Wildman–Crippen LogP) is 7.68. The molecule has 2 saturated heterocycles. The van der Waals surface area contributed by atoms with Gasteiger partial charge in [0.25, 0.3) is 0 Å². The molecule has 1 saturated carbocycles. The number of halogens is 1. The Kier molecular flexibility index (Phi) is 9.89. The molecule has 0 aromatic heterocycles. The van der Waals surface area contributed by atoms with Crippen molar-refractivity contribution in [1.29, 1.82) is 0 Å². The average Bonchev–Trinajstić information content (AvgIpc) is 3.36. The van der Waals surface area contributed by atoms with Crippen LogP contribution in [0.25, 0.3) is 11.6 Å². The molecule has 7 rings (SSSR count). The van der Waals surface area contributed by atoms with E-state index in [0.717, 1.165) is 64.6 Å². The van der Waals surface area contributed by atoms with Crippen LogP contribution in [0.3, 0.4) is 0 Å². The molecule has 9 heteroatoms. The standard InChI is InChI=1S/C39H41BBrNO6/c41-29-17-18-34(43)27(21-29)20-26(25-10-4-1-5-11-25)16-19-35-36-28(24-47-31-14-8-3-9-15-31)22-32-37(33(36)23-40(46)48-35)39(45)42(38(32)44)30-12-6-2-7-13-30/h1,3-5,8-11,14-15,17-18,20-21,30,32-33,35,37,43,46H,2,6-7,12-13,16,19,22-24H2/b26-20-/t32-,33+,35-,37-/m1/s1. The molecule has 2 amide bonds. The number of likely N-dealkylation sites (tertiary alicyclic amines) is 1. The third-order valence-electron chi connectivity index (χ3n) is 10.6. The Morgan fingerprint density at radius 2 is 1.69 bits per heavy atom. The highest BCUT2D eigenvalue weighted by Crippen LogP contribution is 2.51. The lowest BCUT2D eigenvalue weighted by molar-refractivity contribution is -0.143. The minimum Gasteiger partial charge on any atom is -0.507 e. The first kappa shape index (κ1) is 32.9. The minimum atomic E-state index is -1.05. The van der Waals surface area contributed by atoms with Gasteiger partial charge in [-0.15, -0.1) is 0 Å². The molecule has 3 aromatic carbocycles. The highest BCUT2D eigenvalue weighted by atomic mass is 79.9. The lowest BCUT2D eigenvalue weighted by Crippen LogP contribution is -2.47. The van der Waals surface area contributed by atoms with E-state index in [1.54, 1.807) is 17.0 Å². The number of amides is 2. The maximum Gasteiger partial charge on any atom is 0.455 e. The van der Waals surface area contributed by atoms with Crippen LogP contribution in [0.15, 0.2) is 94.5 Å². The summed E-state index contributed by atoms with van der Waals surface area (Å²) in [6.07, 6.45) is 8.30. The second-order valence-corrected chi connectivity index (χ2v) is 14.4. The fourth-order valence-electron chi connectivity index (χ4n) is 8.37. The maximum atomic E-state index is 14.2. The van der Waals surface area contributed by atoms with Crippen molar-refractivity contribution in [2.75, 3.05) is 6.61 Å². The summed E-state index contributed by atoms with van der Waals surface area (Å²) in [4.78, 5) is 29.8. The Morgan fingerprint density at radius 3 is 2.44 bits per heavy atom. The van der Waals surface area contributed by atoms with Crippen LogP contribution in [0.5, 0.6) is 11.5 Å². The number of hydrogen-bond acceptors (Lipinski definition) is 6. The van der Waals surface area contributed by atoms with Crippen LogP contribution in [0.2, 0.25) is 6.32 Å². The summed E-state index contributed by atoms with van der Waals surface area (Å²) < 4.78 is 13.5. The van der Waals surface area contributed by atoms with Gasteiger partial charge in [0.15, 0.2) is 0 Å². The molecule has 0 radical (unpaired) electrons. The third-order valence-corrected chi connectivity index (χ3v) is 11.1. The number of fused-ring (bicyclic) bond motifs is 3. The second-order valence-electron chi connectivity index (χ2n) is 13.5. The van der Waals surface area contributed by atoms with Crippen LogP contribution in [-0.4, -0.2) is 52.7 Å². The molecule has 248 valence electrons. The van der Waals surface area contributed by atoms with Crippen molar-refractivity contribution in [3.8, 4) is 11.5 Å². The fourth-order valence-corrected chi connectivity index (χ4v) is 8.75. The first-order valence-electron chi connectivity index (χ1n) is 17.2. The molecule has 3 aromatic rings. The topological polar surface area (TPSA) is 96.3 Å². The van der Waals surface area contributed by atoms with E-state index in [-0.39, 0.29) is 42.5 Å². The molecule has 48 heavy (non-hydrogen) atoms. The van der Waals surface area contributed by atoms with E-state index < -0.39 is 25.1 Å². The largest absolute Gasteiger partial charge is 0.507 e. The molecular formula is C39H41BBrNO6. The van der Waals surface area contributed by atoms with Crippen molar-refractivity contribution >= 4 is 46.5 Å². The summed E-state index contributed by atoms with van der Waals surface area (Å²) in [7, 11) is -1.05. The molecule has 4 atom stereocenters. The number of rotatable bonds is 9. The van der Waals surface area contributed by atoms with Crippen molar-refractivity contribution in [1.82, 2.24) is 4.90 Å².